The zero-order chi connectivity index (χ0) is 13.2. The minimum Gasteiger partial charge on any atom is -0.349 e. The second-order valence-electron chi connectivity index (χ2n) is 4.89. The van der Waals surface area contributed by atoms with E-state index in [0.717, 1.165) is 24.8 Å². The molecule has 2 nitrogen and oxygen atoms in total. The van der Waals surface area contributed by atoms with Gasteiger partial charge in [0.25, 0.3) is 5.91 Å². The quantitative estimate of drug-likeness (QED) is 0.801. The van der Waals surface area contributed by atoms with Gasteiger partial charge in [0, 0.05) is 6.54 Å². The Morgan fingerprint density at radius 3 is 2.44 bits per heavy atom. The van der Waals surface area contributed by atoms with Gasteiger partial charge in [0.2, 0.25) is 0 Å². The lowest BCUT2D eigenvalue weighted by Crippen LogP contribution is -2.31. The summed E-state index contributed by atoms with van der Waals surface area (Å²) in [5.41, 5.74) is 1.03. The van der Waals surface area contributed by atoms with Crippen LogP contribution in [0.2, 0.25) is 0 Å². The molecule has 0 spiro atoms. The van der Waals surface area contributed by atoms with Crippen LogP contribution < -0.4 is 5.32 Å². The molecule has 0 saturated heterocycles. The van der Waals surface area contributed by atoms with Crippen molar-refractivity contribution in [3.63, 3.8) is 0 Å². The van der Waals surface area contributed by atoms with Crippen molar-refractivity contribution in [2.45, 2.75) is 19.3 Å². The van der Waals surface area contributed by atoms with Gasteiger partial charge in [-0.1, -0.05) is 18.7 Å². The summed E-state index contributed by atoms with van der Waals surface area (Å²) in [6.07, 6.45) is 2.75. The van der Waals surface area contributed by atoms with Gasteiger partial charge in [0.15, 0.2) is 5.83 Å². The molecule has 2 rings (SSSR count). The molecule has 0 aliphatic heterocycles. The third-order valence-electron chi connectivity index (χ3n) is 3.32. The summed E-state index contributed by atoms with van der Waals surface area (Å²) in [4.78, 5) is 11.1. The number of halogens is 2. The molecule has 1 aromatic carbocycles. The van der Waals surface area contributed by atoms with Gasteiger partial charge in [0.1, 0.15) is 5.82 Å². The standard InChI is InChI=1S/C14H15F2NO/c1-10(15)13(18)17-9-14(6-7-14)8-11-2-4-12(16)5-3-11/h2-5H,1,6-9H2,(H,17,18). The molecule has 1 fully saturated rings. The molecule has 1 aromatic rings. The third kappa shape index (κ3) is 3.15. The van der Waals surface area contributed by atoms with Gasteiger partial charge in [-0.25, -0.2) is 8.78 Å². The monoisotopic (exact) mass is 251 g/mol. The Morgan fingerprint density at radius 2 is 1.94 bits per heavy atom. The average Bonchev–Trinajstić information content (AvgIpc) is 3.09. The number of hydrogen-bond acceptors (Lipinski definition) is 1. The second-order valence-corrected chi connectivity index (χ2v) is 4.89. The molecule has 4 heteroatoms. The summed E-state index contributed by atoms with van der Waals surface area (Å²) in [6, 6.07) is 6.33. The summed E-state index contributed by atoms with van der Waals surface area (Å²) in [5.74, 6) is -1.97. The first-order valence-corrected chi connectivity index (χ1v) is 5.88. The zero-order valence-corrected chi connectivity index (χ0v) is 10.0. The Morgan fingerprint density at radius 1 is 1.33 bits per heavy atom. The molecule has 0 aromatic heterocycles. The van der Waals surface area contributed by atoms with Crippen LogP contribution in [-0.4, -0.2) is 12.5 Å². The molecule has 1 amide bonds. The van der Waals surface area contributed by atoms with E-state index in [0.29, 0.717) is 6.54 Å². The largest absolute Gasteiger partial charge is 0.349 e. The molecule has 1 aliphatic rings. The number of carbonyl (C=O) groups excluding carboxylic acids is 1. The number of carbonyl (C=O) groups is 1. The van der Waals surface area contributed by atoms with Crippen LogP contribution in [0, 0.1) is 11.2 Å². The average molecular weight is 251 g/mol. The van der Waals surface area contributed by atoms with E-state index in [1.807, 2.05) is 0 Å². The molecule has 0 unspecified atom stereocenters. The number of nitrogens with one attached hydrogen (secondary N) is 1. The normalized spacial score (nSPS) is 16.1. The topological polar surface area (TPSA) is 29.1 Å². The van der Waals surface area contributed by atoms with Crippen LogP contribution >= 0.6 is 0 Å². The maximum absolute atomic E-state index is 12.8. The van der Waals surface area contributed by atoms with Crippen molar-refractivity contribution in [2.24, 2.45) is 5.41 Å². The SMILES string of the molecule is C=C(F)C(=O)NCC1(Cc2ccc(F)cc2)CC1. The van der Waals surface area contributed by atoms with Gasteiger partial charge >= 0.3 is 0 Å². The van der Waals surface area contributed by atoms with Crippen LogP contribution in [0.4, 0.5) is 8.78 Å². The van der Waals surface area contributed by atoms with E-state index >= 15 is 0 Å². The van der Waals surface area contributed by atoms with E-state index in [1.165, 1.54) is 12.1 Å². The fraction of sp³-hybridized carbons (Fsp3) is 0.357. The van der Waals surface area contributed by atoms with E-state index in [2.05, 4.69) is 11.9 Å². The van der Waals surface area contributed by atoms with Crippen molar-refractivity contribution in [3.8, 4) is 0 Å². The first-order valence-electron chi connectivity index (χ1n) is 5.88. The number of rotatable bonds is 5. The van der Waals surface area contributed by atoms with Gasteiger partial charge in [-0.05, 0) is 42.4 Å². The van der Waals surface area contributed by atoms with Gasteiger partial charge in [-0.2, -0.15) is 0 Å². The summed E-state index contributed by atoms with van der Waals surface area (Å²) in [7, 11) is 0. The number of hydrogen-bond donors (Lipinski definition) is 1. The predicted octanol–water partition coefficient (Wildman–Crippen LogP) is 2.75. The van der Waals surface area contributed by atoms with E-state index in [9.17, 15) is 13.6 Å². The summed E-state index contributed by atoms with van der Waals surface area (Å²) < 4.78 is 25.3. The van der Waals surface area contributed by atoms with Crippen molar-refractivity contribution in [1.82, 2.24) is 5.32 Å². The minimum absolute atomic E-state index is 0.00292. The molecule has 1 saturated carbocycles. The zero-order valence-electron chi connectivity index (χ0n) is 10.0. The van der Waals surface area contributed by atoms with E-state index in [4.69, 9.17) is 0 Å². The van der Waals surface area contributed by atoms with Crippen LogP contribution in [0.5, 0.6) is 0 Å². The second kappa shape index (κ2) is 4.88. The lowest BCUT2D eigenvalue weighted by Gasteiger charge is -2.15. The van der Waals surface area contributed by atoms with E-state index in [-0.39, 0.29) is 11.2 Å². The van der Waals surface area contributed by atoms with Crippen LogP contribution in [-0.2, 0) is 11.2 Å². The lowest BCUT2D eigenvalue weighted by atomic mass is 9.96. The molecule has 1 aliphatic carbocycles. The molecule has 96 valence electrons. The fourth-order valence-corrected chi connectivity index (χ4v) is 1.99. The smallest absolute Gasteiger partial charge is 0.279 e. The van der Waals surface area contributed by atoms with Crippen molar-refractivity contribution >= 4 is 5.91 Å². The Kier molecular flexibility index (Phi) is 3.45. The number of amides is 1. The highest BCUT2D eigenvalue weighted by Gasteiger charge is 2.42. The van der Waals surface area contributed by atoms with Gasteiger partial charge < -0.3 is 5.32 Å². The molecule has 0 radical (unpaired) electrons. The summed E-state index contributed by atoms with van der Waals surface area (Å²) in [5, 5.41) is 2.53. The van der Waals surface area contributed by atoms with Crippen molar-refractivity contribution in [3.05, 3.63) is 48.1 Å². The highest BCUT2D eigenvalue weighted by atomic mass is 19.1. The van der Waals surface area contributed by atoms with Crippen LogP contribution in [0.15, 0.2) is 36.7 Å². The summed E-state index contributed by atoms with van der Waals surface area (Å²) in [6.45, 7) is 3.39. The van der Waals surface area contributed by atoms with Gasteiger partial charge in [0.05, 0.1) is 0 Å². The highest BCUT2D eigenvalue weighted by Crippen LogP contribution is 2.47. The van der Waals surface area contributed by atoms with E-state index < -0.39 is 11.7 Å². The lowest BCUT2D eigenvalue weighted by molar-refractivity contribution is -0.119. The Bertz CT molecular complexity index is 463. The van der Waals surface area contributed by atoms with Crippen LogP contribution in [0.1, 0.15) is 18.4 Å². The fourth-order valence-electron chi connectivity index (χ4n) is 1.99. The third-order valence-corrected chi connectivity index (χ3v) is 3.32. The van der Waals surface area contributed by atoms with E-state index in [1.54, 1.807) is 12.1 Å². The number of benzene rings is 1. The van der Waals surface area contributed by atoms with Gasteiger partial charge in [-0.15, -0.1) is 0 Å². The summed E-state index contributed by atoms with van der Waals surface area (Å²) >= 11 is 0. The predicted molar refractivity (Wildman–Crippen MR) is 65.0 cm³/mol. The molecule has 0 heterocycles. The van der Waals surface area contributed by atoms with Crippen molar-refractivity contribution in [1.29, 1.82) is 0 Å². The molecule has 1 N–H and O–H groups in total. The van der Waals surface area contributed by atoms with Crippen molar-refractivity contribution < 1.29 is 13.6 Å². The van der Waals surface area contributed by atoms with Crippen molar-refractivity contribution in [2.75, 3.05) is 6.54 Å². The Labute approximate surface area is 105 Å². The molecule has 0 atom stereocenters. The van der Waals surface area contributed by atoms with Gasteiger partial charge in [-0.3, -0.25) is 4.79 Å². The highest BCUT2D eigenvalue weighted by molar-refractivity contribution is 5.90. The maximum Gasteiger partial charge on any atom is 0.279 e. The Balaban J connectivity index is 1.90. The minimum atomic E-state index is -0.965. The Hall–Kier alpha value is -1.71. The maximum atomic E-state index is 12.8. The van der Waals surface area contributed by atoms with Crippen LogP contribution in [0.3, 0.4) is 0 Å². The molecular weight excluding hydrogens is 236 g/mol. The molecular formula is C14H15F2NO. The first-order chi connectivity index (χ1) is 8.51. The molecule has 18 heavy (non-hydrogen) atoms. The first kappa shape index (κ1) is 12.7. The van der Waals surface area contributed by atoms with Crippen LogP contribution in [0.25, 0.3) is 0 Å². The molecule has 0 bridgehead atoms.